The molecule has 0 saturated carbocycles. The van der Waals surface area contributed by atoms with Gasteiger partial charge in [-0.2, -0.15) is 0 Å². The summed E-state index contributed by atoms with van der Waals surface area (Å²) in [4.78, 5) is 11.9. The Labute approximate surface area is 192 Å². The summed E-state index contributed by atoms with van der Waals surface area (Å²) in [5.41, 5.74) is 5.93. The summed E-state index contributed by atoms with van der Waals surface area (Å²) in [6.45, 7) is 0. The van der Waals surface area contributed by atoms with E-state index >= 15 is 0 Å². The van der Waals surface area contributed by atoms with Crippen LogP contribution in [0, 0.1) is 0 Å². The zero-order chi connectivity index (χ0) is 21.7. The number of imidazole rings is 2. The molecule has 32 heavy (non-hydrogen) atoms. The normalized spacial score (nSPS) is 11.4. The Morgan fingerprint density at radius 3 is 1.41 bits per heavy atom. The van der Waals surface area contributed by atoms with Crippen LogP contribution in [0.3, 0.4) is 0 Å². The quantitative estimate of drug-likeness (QED) is 0.312. The molecule has 0 amide bonds. The third kappa shape index (κ3) is 2.91. The van der Waals surface area contributed by atoms with Crippen LogP contribution >= 0.6 is 22.7 Å². The maximum atomic E-state index is 5.35. The summed E-state index contributed by atoms with van der Waals surface area (Å²) in [7, 11) is 3.35. The molecule has 6 rings (SSSR count). The van der Waals surface area contributed by atoms with Gasteiger partial charge in [-0.3, -0.25) is 8.80 Å². The largest absolute Gasteiger partial charge is 0.497 e. The van der Waals surface area contributed by atoms with Crippen molar-refractivity contribution in [2.45, 2.75) is 0 Å². The molecule has 0 spiro atoms. The van der Waals surface area contributed by atoms with E-state index in [1.54, 1.807) is 36.9 Å². The van der Waals surface area contributed by atoms with Gasteiger partial charge in [-0.05, 0) is 48.5 Å². The van der Waals surface area contributed by atoms with Gasteiger partial charge in [-0.15, -0.1) is 22.7 Å². The lowest BCUT2D eigenvalue weighted by molar-refractivity contribution is 0.415. The van der Waals surface area contributed by atoms with Gasteiger partial charge in [-0.25, -0.2) is 9.97 Å². The van der Waals surface area contributed by atoms with E-state index in [0.29, 0.717) is 0 Å². The summed E-state index contributed by atoms with van der Waals surface area (Å²) < 4.78 is 15.0. The van der Waals surface area contributed by atoms with Crippen molar-refractivity contribution in [3.63, 3.8) is 0 Å². The first-order valence-corrected chi connectivity index (χ1v) is 11.7. The van der Waals surface area contributed by atoms with E-state index in [0.717, 1.165) is 55.3 Å². The predicted octanol–water partition coefficient (Wildman–Crippen LogP) is 6.12. The molecule has 158 valence electrons. The highest BCUT2D eigenvalue weighted by atomic mass is 32.1. The van der Waals surface area contributed by atoms with Gasteiger partial charge in [0.15, 0.2) is 9.92 Å². The molecule has 0 fully saturated rings. The fourth-order valence-electron chi connectivity index (χ4n) is 3.92. The zero-order valence-corrected chi connectivity index (χ0v) is 19.0. The third-order valence-corrected chi connectivity index (χ3v) is 6.99. The summed E-state index contributed by atoms with van der Waals surface area (Å²) in [6.07, 6.45) is 4.14. The number of hydrogen-bond donors (Lipinski definition) is 0. The summed E-state index contributed by atoms with van der Waals surface area (Å²) in [5, 5.41) is 4.12. The standard InChI is InChI=1S/C24H18N4O2S2/c1-29-17-7-3-15(4-8-17)19-21(27-11-13-31-23(27)25-19)22-20(26-24-28(22)12-14-32-24)16-5-9-18(30-2)10-6-16/h3-14H,1-2H3. The SMILES string of the molecule is COc1ccc(-c2nc3sccn3c2-c2c(-c3ccc(OC)cc3)nc3sccn23)cc1. The van der Waals surface area contributed by atoms with E-state index in [9.17, 15) is 0 Å². The number of aromatic nitrogens is 4. The Kier molecular flexibility index (Phi) is 4.48. The van der Waals surface area contributed by atoms with Gasteiger partial charge in [0.1, 0.15) is 22.9 Å². The number of methoxy groups -OCH3 is 2. The van der Waals surface area contributed by atoms with Crippen molar-refractivity contribution in [2.75, 3.05) is 14.2 Å². The third-order valence-electron chi connectivity index (χ3n) is 5.48. The van der Waals surface area contributed by atoms with E-state index in [4.69, 9.17) is 19.4 Å². The van der Waals surface area contributed by atoms with Gasteiger partial charge in [0.05, 0.1) is 25.6 Å². The second-order valence-electron chi connectivity index (χ2n) is 7.19. The van der Waals surface area contributed by atoms with E-state index in [1.807, 2.05) is 48.5 Å². The molecule has 0 unspecified atom stereocenters. The smallest absolute Gasteiger partial charge is 0.194 e. The molecule has 8 heteroatoms. The molecule has 4 aromatic heterocycles. The number of ether oxygens (including phenoxy) is 2. The fourth-order valence-corrected chi connectivity index (χ4v) is 5.35. The second kappa shape index (κ2) is 7.51. The maximum absolute atomic E-state index is 5.35. The molecule has 0 saturated heterocycles. The average molecular weight is 459 g/mol. The molecule has 0 bridgehead atoms. The lowest BCUT2D eigenvalue weighted by Crippen LogP contribution is -1.94. The van der Waals surface area contributed by atoms with Gasteiger partial charge >= 0.3 is 0 Å². The van der Waals surface area contributed by atoms with Crippen molar-refractivity contribution in [3.05, 3.63) is 71.7 Å². The van der Waals surface area contributed by atoms with E-state index in [-0.39, 0.29) is 0 Å². The van der Waals surface area contributed by atoms with Crippen molar-refractivity contribution in [2.24, 2.45) is 0 Å². The molecular formula is C24H18N4O2S2. The fraction of sp³-hybridized carbons (Fsp3) is 0.0833. The van der Waals surface area contributed by atoms with Gasteiger partial charge in [0.2, 0.25) is 0 Å². The summed E-state index contributed by atoms with van der Waals surface area (Å²) >= 11 is 3.24. The van der Waals surface area contributed by atoms with E-state index < -0.39 is 0 Å². The average Bonchev–Trinajstić information content (AvgIpc) is 3.60. The van der Waals surface area contributed by atoms with Crippen molar-refractivity contribution in [3.8, 4) is 45.4 Å². The monoisotopic (exact) mass is 458 g/mol. The number of benzene rings is 2. The van der Waals surface area contributed by atoms with Crippen LogP contribution in [0.2, 0.25) is 0 Å². The van der Waals surface area contributed by atoms with Crippen LogP contribution in [0.4, 0.5) is 0 Å². The topological polar surface area (TPSA) is 53.1 Å². The van der Waals surface area contributed by atoms with Gasteiger partial charge in [-0.1, -0.05) is 0 Å². The van der Waals surface area contributed by atoms with Crippen molar-refractivity contribution >= 4 is 32.6 Å². The van der Waals surface area contributed by atoms with Crippen LogP contribution in [0.15, 0.2) is 71.7 Å². The molecule has 0 aliphatic carbocycles. The maximum Gasteiger partial charge on any atom is 0.194 e. The number of hydrogen-bond acceptors (Lipinski definition) is 6. The Bertz CT molecular complexity index is 1420. The second-order valence-corrected chi connectivity index (χ2v) is 8.93. The first kappa shape index (κ1) is 19.1. The minimum Gasteiger partial charge on any atom is -0.497 e. The molecule has 6 aromatic rings. The van der Waals surface area contributed by atoms with E-state index in [2.05, 4.69) is 32.0 Å². The highest BCUT2D eigenvalue weighted by molar-refractivity contribution is 7.15. The Morgan fingerprint density at radius 2 is 1.03 bits per heavy atom. The first-order chi connectivity index (χ1) is 15.8. The van der Waals surface area contributed by atoms with Crippen LogP contribution in [-0.2, 0) is 0 Å². The minimum absolute atomic E-state index is 0.819. The molecule has 0 atom stereocenters. The van der Waals surface area contributed by atoms with Gasteiger partial charge in [0.25, 0.3) is 0 Å². The number of rotatable bonds is 5. The number of fused-ring (bicyclic) bond motifs is 2. The van der Waals surface area contributed by atoms with Crippen molar-refractivity contribution in [1.29, 1.82) is 0 Å². The molecule has 4 heterocycles. The Hall–Kier alpha value is -3.62. The Morgan fingerprint density at radius 1 is 0.625 bits per heavy atom. The van der Waals surface area contributed by atoms with Crippen molar-refractivity contribution in [1.82, 2.24) is 18.8 Å². The summed E-state index contributed by atoms with van der Waals surface area (Å²) in [6, 6.07) is 16.1. The van der Waals surface area contributed by atoms with Crippen LogP contribution in [0.25, 0.3) is 43.8 Å². The number of thiazole rings is 2. The first-order valence-electron chi connectivity index (χ1n) is 9.97. The predicted molar refractivity (Wildman–Crippen MR) is 129 cm³/mol. The number of nitrogens with zero attached hydrogens (tertiary/aromatic N) is 4. The molecule has 0 aliphatic rings. The summed E-state index contributed by atoms with van der Waals surface area (Å²) in [5.74, 6) is 1.64. The molecule has 0 aliphatic heterocycles. The van der Waals surface area contributed by atoms with Crippen LogP contribution < -0.4 is 9.47 Å². The molecular weight excluding hydrogens is 440 g/mol. The van der Waals surface area contributed by atoms with Gasteiger partial charge < -0.3 is 9.47 Å². The van der Waals surface area contributed by atoms with Crippen LogP contribution in [0.5, 0.6) is 11.5 Å². The van der Waals surface area contributed by atoms with Gasteiger partial charge in [0, 0.05) is 34.3 Å². The molecule has 0 radical (unpaired) electrons. The van der Waals surface area contributed by atoms with Crippen molar-refractivity contribution < 1.29 is 9.47 Å². The molecule has 0 N–H and O–H groups in total. The highest BCUT2D eigenvalue weighted by Crippen LogP contribution is 2.41. The lowest BCUT2D eigenvalue weighted by atomic mass is 10.0. The van der Waals surface area contributed by atoms with E-state index in [1.165, 1.54) is 0 Å². The minimum atomic E-state index is 0.819. The zero-order valence-electron chi connectivity index (χ0n) is 17.4. The highest BCUT2D eigenvalue weighted by Gasteiger charge is 2.25. The lowest BCUT2D eigenvalue weighted by Gasteiger charge is -2.09. The molecule has 6 nitrogen and oxygen atoms in total. The molecule has 2 aromatic carbocycles. The van der Waals surface area contributed by atoms with Crippen LogP contribution in [0.1, 0.15) is 0 Å². The Balaban J connectivity index is 1.64. The van der Waals surface area contributed by atoms with Crippen LogP contribution in [-0.4, -0.2) is 33.0 Å².